The van der Waals surface area contributed by atoms with Crippen LogP contribution in [0.3, 0.4) is 0 Å². The van der Waals surface area contributed by atoms with Gasteiger partial charge in [-0.05, 0) is 25.5 Å². The molecule has 114 valence electrons. The summed E-state index contributed by atoms with van der Waals surface area (Å²) in [5.41, 5.74) is 7.64. The number of hydrogen-bond donors (Lipinski definition) is 2. The van der Waals surface area contributed by atoms with Gasteiger partial charge >= 0.3 is 0 Å². The fourth-order valence-corrected chi connectivity index (χ4v) is 2.33. The second-order valence-corrected chi connectivity index (χ2v) is 5.24. The Labute approximate surface area is 124 Å². The molecule has 0 bridgehead atoms. The van der Waals surface area contributed by atoms with Gasteiger partial charge in [0.15, 0.2) is 0 Å². The predicted octanol–water partition coefficient (Wildman–Crippen LogP) is 0.190. The molecule has 1 fully saturated rings. The van der Waals surface area contributed by atoms with Crippen LogP contribution in [0.5, 0.6) is 0 Å². The normalized spacial score (nSPS) is 19.7. The highest BCUT2D eigenvalue weighted by atomic mass is 16.5. The minimum Gasteiger partial charge on any atom is -0.383 e. The number of nitrogens with two attached hydrogens (primary N) is 1. The molecular weight excluding hydrogens is 270 g/mol. The zero-order valence-electron chi connectivity index (χ0n) is 12.3. The first kappa shape index (κ1) is 15.5. The van der Waals surface area contributed by atoms with Crippen LogP contribution < -0.4 is 16.0 Å². The lowest BCUT2D eigenvalue weighted by Gasteiger charge is -2.18. The largest absolute Gasteiger partial charge is 0.383 e. The van der Waals surface area contributed by atoms with Crippen molar-refractivity contribution in [3.8, 4) is 0 Å². The molecule has 2 amide bonds. The fraction of sp³-hybridized carbons (Fsp3) is 0.467. The fourth-order valence-electron chi connectivity index (χ4n) is 2.33. The number of hydrogen-bond acceptors (Lipinski definition) is 4. The van der Waals surface area contributed by atoms with Crippen LogP contribution in [0.15, 0.2) is 24.3 Å². The predicted molar refractivity (Wildman–Crippen MR) is 79.9 cm³/mol. The Morgan fingerprint density at radius 3 is 2.76 bits per heavy atom. The zero-order valence-corrected chi connectivity index (χ0v) is 12.3. The molecule has 1 aromatic rings. The molecule has 1 aliphatic rings. The summed E-state index contributed by atoms with van der Waals surface area (Å²) in [6.45, 7) is 2.72. The molecule has 21 heavy (non-hydrogen) atoms. The Morgan fingerprint density at radius 2 is 2.14 bits per heavy atom. The highest BCUT2D eigenvalue weighted by Gasteiger charge is 2.34. The number of nitrogens with zero attached hydrogens (tertiary/aromatic N) is 1. The Hall–Kier alpha value is -1.92. The van der Waals surface area contributed by atoms with Gasteiger partial charge in [0.2, 0.25) is 11.8 Å². The number of ether oxygens (including phenoxy) is 1. The number of benzene rings is 1. The molecule has 0 saturated carbocycles. The molecule has 0 aliphatic carbocycles. The zero-order chi connectivity index (χ0) is 15.4. The Morgan fingerprint density at radius 1 is 1.48 bits per heavy atom. The van der Waals surface area contributed by atoms with Crippen LogP contribution in [0.1, 0.15) is 12.0 Å². The smallest absolute Gasteiger partial charge is 0.249 e. The molecule has 1 heterocycles. The van der Waals surface area contributed by atoms with E-state index < -0.39 is 12.1 Å². The van der Waals surface area contributed by atoms with Gasteiger partial charge in [-0.3, -0.25) is 9.59 Å². The van der Waals surface area contributed by atoms with E-state index in [9.17, 15) is 9.59 Å². The maximum atomic E-state index is 12.3. The van der Waals surface area contributed by atoms with Gasteiger partial charge in [0.1, 0.15) is 12.1 Å². The first-order chi connectivity index (χ1) is 10.0. The third-order valence-corrected chi connectivity index (χ3v) is 3.55. The standard InChI is InChI=1S/C15H21N3O3/c1-10-3-5-11(6-4-10)18-8-7-13(15(18)20)17-14(19)12(16)9-21-2/h3-6,12-13H,7-9,16H2,1-2H3,(H,17,19). The van der Waals surface area contributed by atoms with Gasteiger partial charge in [0, 0.05) is 19.3 Å². The van der Waals surface area contributed by atoms with Crippen LogP contribution in [0.4, 0.5) is 5.69 Å². The van der Waals surface area contributed by atoms with Gasteiger partial charge in [-0.2, -0.15) is 0 Å². The number of methoxy groups -OCH3 is 1. The van der Waals surface area contributed by atoms with E-state index in [1.54, 1.807) is 4.90 Å². The SMILES string of the molecule is COCC(N)C(=O)NC1CCN(c2ccc(C)cc2)C1=O. The molecule has 2 atom stereocenters. The number of carbonyl (C=O) groups excluding carboxylic acids is 2. The quantitative estimate of drug-likeness (QED) is 0.811. The van der Waals surface area contributed by atoms with Crippen molar-refractivity contribution in [2.75, 3.05) is 25.2 Å². The summed E-state index contributed by atoms with van der Waals surface area (Å²) in [5, 5.41) is 2.69. The highest BCUT2D eigenvalue weighted by molar-refractivity contribution is 6.01. The number of carbonyl (C=O) groups is 2. The van der Waals surface area contributed by atoms with E-state index in [4.69, 9.17) is 10.5 Å². The lowest BCUT2D eigenvalue weighted by Crippen LogP contribution is -2.49. The number of amides is 2. The second kappa shape index (κ2) is 6.69. The lowest BCUT2D eigenvalue weighted by atomic mass is 10.2. The third kappa shape index (κ3) is 3.59. The van der Waals surface area contributed by atoms with Crippen LogP contribution in [0, 0.1) is 6.92 Å². The van der Waals surface area contributed by atoms with Crippen molar-refractivity contribution in [3.63, 3.8) is 0 Å². The summed E-state index contributed by atoms with van der Waals surface area (Å²) in [6.07, 6.45) is 0.581. The maximum Gasteiger partial charge on any atom is 0.249 e. The van der Waals surface area contributed by atoms with Gasteiger partial charge in [-0.15, -0.1) is 0 Å². The summed E-state index contributed by atoms with van der Waals surface area (Å²) < 4.78 is 4.84. The number of aryl methyl sites for hydroxylation is 1. The molecule has 1 aromatic carbocycles. The van der Waals surface area contributed by atoms with Crippen molar-refractivity contribution >= 4 is 17.5 Å². The molecule has 2 rings (SSSR count). The summed E-state index contributed by atoms with van der Waals surface area (Å²) in [4.78, 5) is 25.9. The molecule has 0 spiro atoms. The van der Waals surface area contributed by atoms with Crippen LogP contribution >= 0.6 is 0 Å². The van der Waals surface area contributed by atoms with Crippen molar-refractivity contribution in [2.24, 2.45) is 5.73 Å². The van der Waals surface area contributed by atoms with E-state index >= 15 is 0 Å². The van der Waals surface area contributed by atoms with E-state index in [1.165, 1.54) is 7.11 Å². The average molecular weight is 291 g/mol. The average Bonchev–Trinajstić information content (AvgIpc) is 2.81. The first-order valence-electron chi connectivity index (χ1n) is 6.96. The molecule has 0 aromatic heterocycles. The lowest BCUT2D eigenvalue weighted by molar-refractivity contribution is -0.128. The summed E-state index contributed by atoms with van der Waals surface area (Å²) >= 11 is 0. The first-order valence-corrected chi connectivity index (χ1v) is 6.96. The Bertz CT molecular complexity index is 515. The van der Waals surface area contributed by atoms with Gasteiger partial charge in [0.05, 0.1) is 6.61 Å². The van der Waals surface area contributed by atoms with Crippen LogP contribution in [0.25, 0.3) is 0 Å². The summed E-state index contributed by atoms with van der Waals surface area (Å²) in [7, 11) is 1.48. The molecule has 6 nitrogen and oxygen atoms in total. The summed E-state index contributed by atoms with van der Waals surface area (Å²) in [5.74, 6) is -0.460. The Balaban J connectivity index is 1.98. The van der Waals surface area contributed by atoms with Crippen molar-refractivity contribution in [1.82, 2.24) is 5.32 Å². The van der Waals surface area contributed by atoms with E-state index in [0.29, 0.717) is 13.0 Å². The molecule has 3 N–H and O–H groups in total. The maximum absolute atomic E-state index is 12.3. The van der Waals surface area contributed by atoms with E-state index in [0.717, 1.165) is 11.3 Å². The minimum absolute atomic E-state index is 0.100. The molecule has 2 unspecified atom stereocenters. The van der Waals surface area contributed by atoms with E-state index in [2.05, 4.69) is 5.32 Å². The number of nitrogens with one attached hydrogen (secondary N) is 1. The number of rotatable bonds is 5. The molecule has 0 radical (unpaired) electrons. The topological polar surface area (TPSA) is 84.7 Å². The van der Waals surface area contributed by atoms with Crippen LogP contribution in [-0.4, -0.2) is 44.2 Å². The van der Waals surface area contributed by atoms with Crippen LogP contribution in [-0.2, 0) is 14.3 Å². The minimum atomic E-state index is -0.753. The molecule has 1 saturated heterocycles. The second-order valence-electron chi connectivity index (χ2n) is 5.24. The van der Waals surface area contributed by atoms with Gasteiger partial charge in [-0.1, -0.05) is 17.7 Å². The van der Waals surface area contributed by atoms with Gasteiger partial charge < -0.3 is 20.7 Å². The van der Waals surface area contributed by atoms with Crippen LogP contribution in [0.2, 0.25) is 0 Å². The van der Waals surface area contributed by atoms with E-state index in [1.807, 2.05) is 31.2 Å². The molecule has 6 heteroatoms. The number of anilines is 1. The van der Waals surface area contributed by atoms with Gasteiger partial charge in [0.25, 0.3) is 0 Å². The Kier molecular flexibility index (Phi) is 4.93. The van der Waals surface area contributed by atoms with Crippen molar-refractivity contribution in [2.45, 2.75) is 25.4 Å². The van der Waals surface area contributed by atoms with Crippen molar-refractivity contribution in [1.29, 1.82) is 0 Å². The molecular formula is C15H21N3O3. The summed E-state index contributed by atoms with van der Waals surface area (Å²) in [6, 6.07) is 6.48. The molecule has 1 aliphatic heterocycles. The van der Waals surface area contributed by atoms with Crippen molar-refractivity contribution in [3.05, 3.63) is 29.8 Å². The van der Waals surface area contributed by atoms with Gasteiger partial charge in [-0.25, -0.2) is 0 Å². The third-order valence-electron chi connectivity index (χ3n) is 3.55. The highest BCUT2D eigenvalue weighted by Crippen LogP contribution is 2.21. The van der Waals surface area contributed by atoms with E-state index in [-0.39, 0.29) is 18.4 Å². The van der Waals surface area contributed by atoms with Crippen molar-refractivity contribution < 1.29 is 14.3 Å². The monoisotopic (exact) mass is 291 g/mol.